The van der Waals surface area contributed by atoms with Gasteiger partial charge in [-0.3, -0.25) is 9.59 Å². The standard InChI is InChI=1S/C17H20N2O2S/c1-11-6-4-7-14(10-11)17(21)19-13(3)16(20)18-12(2)15-8-5-9-22-15/h4-10,12-13H,1-3H3,(H,18,20)(H,19,21). The maximum atomic E-state index is 12.2. The number of carbonyl (C=O) groups is 2. The normalized spacial score (nSPS) is 13.2. The summed E-state index contributed by atoms with van der Waals surface area (Å²) in [5.74, 6) is -0.433. The Morgan fingerprint density at radius 2 is 1.86 bits per heavy atom. The number of benzene rings is 1. The van der Waals surface area contributed by atoms with Gasteiger partial charge in [-0.15, -0.1) is 11.3 Å². The molecule has 0 bridgehead atoms. The van der Waals surface area contributed by atoms with Crippen molar-refractivity contribution in [3.63, 3.8) is 0 Å². The molecule has 116 valence electrons. The minimum Gasteiger partial charge on any atom is -0.347 e. The summed E-state index contributed by atoms with van der Waals surface area (Å²) in [6.45, 7) is 5.54. The van der Waals surface area contributed by atoms with Crippen molar-refractivity contribution in [3.05, 3.63) is 57.8 Å². The lowest BCUT2D eigenvalue weighted by molar-refractivity contribution is -0.123. The Hall–Kier alpha value is -2.14. The Labute approximate surface area is 134 Å². The molecule has 0 fully saturated rings. The van der Waals surface area contributed by atoms with E-state index in [0.717, 1.165) is 10.4 Å². The first-order valence-electron chi connectivity index (χ1n) is 7.18. The van der Waals surface area contributed by atoms with Gasteiger partial charge in [0.15, 0.2) is 0 Å². The van der Waals surface area contributed by atoms with Crippen molar-refractivity contribution in [2.45, 2.75) is 32.9 Å². The van der Waals surface area contributed by atoms with Gasteiger partial charge in [-0.05, 0) is 44.4 Å². The van der Waals surface area contributed by atoms with Gasteiger partial charge in [0.05, 0.1) is 6.04 Å². The van der Waals surface area contributed by atoms with Crippen LogP contribution >= 0.6 is 11.3 Å². The molecule has 2 amide bonds. The van der Waals surface area contributed by atoms with E-state index in [9.17, 15) is 9.59 Å². The largest absolute Gasteiger partial charge is 0.347 e. The van der Waals surface area contributed by atoms with Crippen molar-refractivity contribution in [3.8, 4) is 0 Å². The highest BCUT2D eigenvalue weighted by atomic mass is 32.1. The molecule has 0 aliphatic heterocycles. The molecule has 0 aliphatic carbocycles. The van der Waals surface area contributed by atoms with E-state index in [1.54, 1.807) is 30.4 Å². The van der Waals surface area contributed by atoms with Crippen molar-refractivity contribution >= 4 is 23.2 Å². The van der Waals surface area contributed by atoms with Gasteiger partial charge in [-0.25, -0.2) is 0 Å². The van der Waals surface area contributed by atoms with Crippen LogP contribution in [0.1, 0.15) is 40.7 Å². The Balaban J connectivity index is 1.92. The van der Waals surface area contributed by atoms with Crippen LogP contribution in [0.15, 0.2) is 41.8 Å². The van der Waals surface area contributed by atoms with E-state index in [1.165, 1.54) is 0 Å². The lowest BCUT2D eigenvalue weighted by atomic mass is 10.1. The summed E-state index contributed by atoms with van der Waals surface area (Å²) in [7, 11) is 0. The fraction of sp³-hybridized carbons (Fsp3) is 0.294. The van der Waals surface area contributed by atoms with Crippen molar-refractivity contribution in [2.24, 2.45) is 0 Å². The summed E-state index contributed by atoms with van der Waals surface area (Å²) in [5.41, 5.74) is 1.57. The van der Waals surface area contributed by atoms with Crippen LogP contribution in [0.25, 0.3) is 0 Å². The summed E-state index contributed by atoms with van der Waals surface area (Å²) in [6, 6.07) is 10.6. The van der Waals surface area contributed by atoms with Gasteiger partial charge < -0.3 is 10.6 Å². The Morgan fingerprint density at radius 1 is 1.09 bits per heavy atom. The van der Waals surface area contributed by atoms with Crippen LogP contribution in [-0.2, 0) is 4.79 Å². The smallest absolute Gasteiger partial charge is 0.251 e. The predicted octanol–water partition coefficient (Wildman–Crippen LogP) is 3.05. The van der Waals surface area contributed by atoms with Crippen LogP contribution in [-0.4, -0.2) is 17.9 Å². The van der Waals surface area contributed by atoms with Crippen molar-refractivity contribution in [1.29, 1.82) is 0 Å². The number of carbonyl (C=O) groups excluding carboxylic acids is 2. The van der Waals surface area contributed by atoms with Crippen LogP contribution < -0.4 is 10.6 Å². The molecular weight excluding hydrogens is 296 g/mol. The van der Waals surface area contributed by atoms with E-state index >= 15 is 0 Å². The molecule has 2 rings (SSSR count). The molecule has 2 N–H and O–H groups in total. The minimum absolute atomic E-state index is 0.0641. The second kappa shape index (κ2) is 7.22. The van der Waals surface area contributed by atoms with Gasteiger partial charge in [0.25, 0.3) is 5.91 Å². The van der Waals surface area contributed by atoms with Crippen LogP contribution in [0.3, 0.4) is 0 Å². The molecule has 0 spiro atoms. The average molecular weight is 316 g/mol. The molecule has 1 heterocycles. The van der Waals surface area contributed by atoms with Gasteiger partial charge in [-0.2, -0.15) is 0 Å². The Bertz CT molecular complexity index is 652. The molecule has 5 heteroatoms. The Kier molecular flexibility index (Phi) is 5.33. The summed E-state index contributed by atoms with van der Waals surface area (Å²) in [6.07, 6.45) is 0. The maximum Gasteiger partial charge on any atom is 0.251 e. The van der Waals surface area contributed by atoms with Crippen LogP contribution in [0.2, 0.25) is 0 Å². The number of hydrogen-bond donors (Lipinski definition) is 2. The molecule has 1 aromatic heterocycles. The molecule has 2 aromatic rings. The molecule has 0 saturated carbocycles. The van der Waals surface area contributed by atoms with Crippen molar-refractivity contribution < 1.29 is 9.59 Å². The SMILES string of the molecule is Cc1cccc(C(=O)NC(C)C(=O)NC(C)c2cccs2)c1. The van der Waals surface area contributed by atoms with Crippen molar-refractivity contribution in [2.75, 3.05) is 0 Å². The topological polar surface area (TPSA) is 58.2 Å². The van der Waals surface area contributed by atoms with Crippen LogP contribution in [0, 0.1) is 6.92 Å². The second-order valence-electron chi connectivity index (χ2n) is 5.31. The Morgan fingerprint density at radius 3 is 2.50 bits per heavy atom. The summed E-state index contributed by atoms with van der Waals surface area (Å²) >= 11 is 1.60. The van der Waals surface area contributed by atoms with Gasteiger partial charge in [-0.1, -0.05) is 23.8 Å². The third-order valence-electron chi connectivity index (χ3n) is 3.35. The van der Waals surface area contributed by atoms with Crippen LogP contribution in [0.5, 0.6) is 0 Å². The molecule has 0 saturated heterocycles. The van der Waals surface area contributed by atoms with Gasteiger partial charge in [0.1, 0.15) is 6.04 Å². The first-order valence-corrected chi connectivity index (χ1v) is 8.06. The van der Waals surface area contributed by atoms with Gasteiger partial charge in [0, 0.05) is 10.4 Å². The first kappa shape index (κ1) is 16.2. The summed E-state index contributed by atoms with van der Waals surface area (Å²) in [4.78, 5) is 25.4. The molecule has 0 radical (unpaired) electrons. The van der Waals surface area contributed by atoms with Gasteiger partial charge >= 0.3 is 0 Å². The van der Waals surface area contributed by atoms with E-state index in [2.05, 4.69) is 10.6 Å². The highest BCUT2D eigenvalue weighted by Gasteiger charge is 2.19. The van der Waals surface area contributed by atoms with Crippen molar-refractivity contribution in [1.82, 2.24) is 10.6 Å². The number of thiophene rings is 1. The number of aryl methyl sites for hydroxylation is 1. The molecule has 0 aliphatic rings. The maximum absolute atomic E-state index is 12.2. The quantitative estimate of drug-likeness (QED) is 0.890. The lowest BCUT2D eigenvalue weighted by Crippen LogP contribution is -2.45. The summed E-state index contributed by atoms with van der Waals surface area (Å²) < 4.78 is 0. The predicted molar refractivity (Wildman–Crippen MR) is 89.0 cm³/mol. The third-order valence-corrected chi connectivity index (χ3v) is 4.40. The fourth-order valence-electron chi connectivity index (χ4n) is 2.08. The number of amides is 2. The van der Waals surface area contributed by atoms with E-state index in [0.29, 0.717) is 5.56 Å². The van der Waals surface area contributed by atoms with E-state index in [4.69, 9.17) is 0 Å². The van der Waals surface area contributed by atoms with E-state index in [1.807, 2.05) is 43.5 Å². The fourth-order valence-corrected chi connectivity index (χ4v) is 2.81. The highest BCUT2D eigenvalue weighted by Crippen LogP contribution is 2.18. The highest BCUT2D eigenvalue weighted by molar-refractivity contribution is 7.10. The van der Waals surface area contributed by atoms with Crippen LogP contribution in [0.4, 0.5) is 0 Å². The second-order valence-corrected chi connectivity index (χ2v) is 6.29. The zero-order valence-corrected chi connectivity index (χ0v) is 13.7. The number of nitrogens with one attached hydrogen (secondary N) is 2. The molecular formula is C17H20N2O2S. The third kappa shape index (κ3) is 4.18. The monoisotopic (exact) mass is 316 g/mol. The average Bonchev–Trinajstić information content (AvgIpc) is 3.01. The van der Waals surface area contributed by atoms with E-state index in [-0.39, 0.29) is 17.9 Å². The molecule has 2 unspecified atom stereocenters. The molecule has 22 heavy (non-hydrogen) atoms. The lowest BCUT2D eigenvalue weighted by Gasteiger charge is -2.18. The molecule has 4 nitrogen and oxygen atoms in total. The molecule has 1 aromatic carbocycles. The summed E-state index contributed by atoms with van der Waals surface area (Å²) in [5, 5.41) is 7.61. The van der Waals surface area contributed by atoms with E-state index < -0.39 is 6.04 Å². The molecule has 2 atom stereocenters. The minimum atomic E-state index is -0.588. The number of hydrogen-bond acceptors (Lipinski definition) is 3. The zero-order chi connectivity index (χ0) is 16.1. The first-order chi connectivity index (χ1) is 10.5. The number of rotatable bonds is 5. The van der Waals surface area contributed by atoms with Gasteiger partial charge in [0.2, 0.25) is 5.91 Å². The zero-order valence-electron chi connectivity index (χ0n) is 12.9.